The molecule has 0 saturated heterocycles. The Hall–Kier alpha value is -2.02. The first-order valence-electron chi connectivity index (χ1n) is 16.8. The molecule has 0 aliphatic carbocycles. The van der Waals surface area contributed by atoms with E-state index in [1.807, 2.05) is 192 Å². The van der Waals surface area contributed by atoms with Crippen molar-refractivity contribution in [3.05, 3.63) is 159 Å². The second-order valence-electron chi connectivity index (χ2n) is 6.51. The molecule has 0 nitrogen and oxygen atoms in total. The van der Waals surface area contributed by atoms with Crippen LogP contribution in [0.3, 0.4) is 0 Å². The maximum absolute atomic E-state index is 2.18. The predicted octanol–water partition coefficient (Wildman–Crippen LogP) is 16.1. The van der Waals surface area contributed by atoms with E-state index in [2.05, 4.69) is 52.0 Å². The van der Waals surface area contributed by atoms with Gasteiger partial charge in [-0.15, -0.1) is 0 Å². The van der Waals surface area contributed by atoms with E-state index in [0.717, 1.165) is 6.42 Å². The third kappa shape index (κ3) is 85.7. The van der Waals surface area contributed by atoms with Gasteiger partial charge in [-0.2, -0.15) is 0 Å². The number of benzene rings is 4. The first kappa shape index (κ1) is 69.6. The predicted molar refractivity (Wildman–Crippen MR) is 217 cm³/mol. The van der Waals surface area contributed by atoms with Crippen molar-refractivity contribution in [2.24, 2.45) is 0 Å². The Morgan fingerprint density at radius 1 is 0.333 bits per heavy atom. The quantitative estimate of drug-likeness (QED) is 0.174. The molecule has 0 aromatic heterocycles. The van der Waals surface area contributed by atoms with Gasteiger partial charge in [0.1, 0.15) is 0 Å². The first-order valence-corrected chi connectivity index (χ1v) is 16.8. The Balaban J connectivity index is -0.0000000393. The maximum atomic E-state index is 2.18. The van der Waals surface area contributed by atoms with E-state index in [-0.39, 0.29) is 47.6 Å². The zero-order valence-electron chi connectivity index (χ0n) is 33.7. The molecule has 4 aromatic carbocycles. The molecular formula is C44H80Y-2. The maximum Gasteiger partial charge on any atom is 0 e. The summed E-state index contributed by atoms with van der Waals surface area (Å²) in [5.74, 6) is 0. The molecule has 261 valence electrons. The van der Waals surface area contributed by atoms with Crippen LogP contribution in [-0.4, -0.2) is 0 Å². The third-order valence-electron chi connectivity index (χ3n) is 3.53. The minimum absolute atomic E-state index is 0. The molecule has 0 N–H and O–H groups in total. The smallest absolute Gasteiger partial charge is 0 e. The van der Waals surface area contributed by atoms with Crippen LogP contribution < -0.4 is 0 Å². The number of hydrogen-bond donors (Lipinski definition) is 0. The molecule has 0 amide bonds. The fraction of sp³-hybridized carbons (Fsp3) is 0.409. The Morgan fingerprint density at radius 3 is 0.578 bits per heavy atom. The molecule has 45 heavy (non-hydrogen) atoms. The van der Waals surface area contributed by atoms with Crippen molar-refractivity contribution in [2.75, 3.05) is 0 Å². The number of hydrogen-bond acceptors (Lipinski definition) is 0. The van der Waals surface area contributed by atoms with Gasteiger partial charge in [0.05, 0.1) is 0 Å². The van der Waals surface area contributed by atoms with Gasteiger partial charge in [-0.05, 0) is 18.9 Å². The molecule has 0 spiro atoms. The molecule has 0 atom stereocenters. The van der Waals surface area contributed by atoms with Gasteiger partial charge in [-0.1, -0.05) is 249 Å². The van der Waals surface area contributed by atoms with Crippen molar-refractivity contribution < 1.29 is 32.7 Å². The molecular weight excluding hydrogens is 617 g/mol. The molecule has 0 heterocycles. The zero-order chi connectivity index (χ0) is 34.1. The number of aryl methyl sites for hydroxylation is 2. The average Bonchev–Trinajstić information content (AvgIpc) is 3.14. The standard InChI is InChI=1S/C9H12.3C6H6.C3H8.6C2H6.2CH3.Y/c1-3-9-6-4-8(2)5-7-9;3*1-2-4-6-5-3-1;1-3-2;6*1-2;;;/h4-7H,3H2,1-2H3;3*1-6H;3H2,1-2H3;6*1-2H3;2*1H3;/q;;;;;;;;;;;2*-1;. The van der Waals surface area contributed by atoms with E-state index >= 15 is 0 Å². The van der Waals surface area contributed by atoms with Crippen LogP contribution >= 0.6 is 0 Å². The van der Waals surface area contributed by atoms with E-state index in [9.17, 15) is 0 Å². The molecule has 1 heteroatoms. The second-order valence-corrected chi connectivity index (χ2v) is 6.51. The zero-order valence-corrected chi connectivity index (χ0v) is 36.5. The largest absolute Gasteiger partial charge is 0.358 e. The van der Waals surface area contributed by atoms with Gasteiger partial charge in [0.2, 0.25) is 0 Å². The normalized spacial score (nSPS) is 6.31. The van der Waals surface area contributed by atoms with Crippen molar-refractivity contribution in [3.8, 4) is 0 Å². The van der Waals surface area contributed by atoms with E-state index in [1.165, 1.54) is 17.5 Å². The van der Waals surface area contributed by atoms with Crippen molar-refractivity contribution in [1.29, 1.82) is 0 Å². The summed E-state index contributed by atoms with van der Waals surface area (Å²) in [7, 11) is 0. The summed E-state index contributed by atoms with van der Waals surface area (Å²) in [5, 5.41) is 0. The summed E-state index contributed by atoms with van der Waals surface area (Å²) >= 11 is 0. The average molecular weight is 698 g/mol. The van der Waals surface area contributed by atoms with Gasteiger partial charge in [0, 0.05) is 32.7 Å². The van der Waals surface area contributed by atoms with Crippen LogP contribution in [0.25, 0.3) is 0 Å². The molecule has 0 unspecified atom stereocenters. The molecule has 0 saturated carbocycles. The monoisotopic (exact) mass is 698 g/mol. The minimum Gasteiger partial charge on any atom is -0.358 e. The van der Waals surface area contributed by atoms with Crippen molar-refractivity contribution >= 4 is 0 Å². The fourth-order valence-corrected chi connectivity index (χ4v) is 1.98. The molecule has 4 rings (SSSR count). The number of rotatable bonds is 1. The van der Waals surface area contributed by atoms with Gasteiger partial charge < -0.3 is 14.9 Å². The molecule has 1 radical (unpaired) electrons. The van der Waals surface area contributed by atoms with Gasteiger partial charge in [-0.3, -0.25) is 0 Å². The second kappa shape index (κ2) is 90.1. The fourth-order valence-electron chi connectivity index (χ4n) is 1.98. The topological polar surface area (TPSA) is 0 Å². The Morgan fingerprint density at radius 2 is 0.467 bits per heavy atom. The SMILES string of the molecule is CC.CC.CC.CC.CC.CC.CCC.CCc1ccc(C)cc1.[CH3-].[CH3-].[Y].c1ccccc1.c1ccccc1.c1ccccc1. The third-order valence-corrected chi connectivity index (χ3v) is 3.53. The van der Waals surface area contributed by atoms with Gasteiger partial charge >= 0.3 is 0 Å². The summed E-state index contributed by atoms with van der Waals surface area (Å²) < 4.78 is 0. The van der Waals surface area contributed by atoms with Gasteiger partial charge in [-0.25, -0.2) is 0 Å². The van der Waals surface area contributed by atoms with Crippen molar-refractivity contribution in [2.45, 2.75) is 124 Å². The van der Waals surface area contributed by atoms with Crippen molar-refractivity contribution in [3.63, 3.8) is 0 Å². The van der Waals surface area contributed by atoms with E-state index in [4.69, 9.17) is 0 Å². The Kier molecular flexibility index (Phi) is 139. The van der Waals surface area contributed by atoms with Crippen LogP contribution in [-0.2, 0) is 39.1 Å². The molecule has 0 bridgehead atoms. The van der Waals surface area contributed by atoms with E-state index in [1.54, 1.807) is 0 Å². The summed E-state index contributed by atoms with van der Waals surface area (Å²) in [6.45, 7) is 32.5. The molecule has 4 aromatic rings. The first-order chi connectivity index (χ1) is 20.7. The molecule has 0 aliphatic heterocycles. The summed E-state index contributed by atoms with van der Waals surface area (Å²) in [6.07, 6.45) is 2.39. The molecule has 0 aliphatic rings. The van der Waals surface area contributed by atoms with Crippen LogP contribution in [0.5, 0.6) is 0 Å². The minimum atomic E-state index is 0. The van der Waals surface area contributed by atoms with Crippen molar-refractivity contribution in [1.82, 2.24) is 0 Å². The summed E-state index contributed by atoms with van der Waals surface area (Å²) in [4.78, 5) is 0. The van der Waals surface area contributed by atoms with Crippen LogP contribution in [0.2, 0.25) is 0 Å². The van der Waals surface area contributed by atoms with Crippen LogP contribution in [0, 0.1) is 21.8 Å². The van der Waals surface area contributed by atoms with Crippen LogP contribution in [0.4, 0.5) is 0 Å². The summed E-state index contributed by atoms with van der Waals surface area (Å²) in [6, 6.07) is 44.7. The van der Waals surface area contributed by atoms with Gasteiger partial charge in [0.25, 0.3) is 0 Å². The molecule has 0 fully saturated rings. The summed E-state index contributed by atoms with van der Waals surface area (Å²) in [5.41, 5.74) is 2.76. The van der Waals surface area contributed by atoms with E-state index < -0.39 is 0 Å². The van der Waals surface area contributed by atoms with Crippen LogP contribution in [0.15, 0.2) is 133 Å². The Bertz CT molecular complexity index is 612. The van der Waals surface area contributed by atoms with Gasteiger partial charge in [0.15, 0.2) is 0 Å². The Labute approximate surface area is 313 Å². The van der Waals surface area contributed by atoms with E-state index in [0.29, 0.717) is 0 Å². The van der Waals surface area contributed by atoms with Crippen LogP contribution in [0.1, 0.15) is 121 Å².